The molecule has 4 heteroatoms. The Bertz CT molecular complexity index is 494. The lowest BCUT2D eigenvalue weighted by molar-refractivity contribution is 0.670. The molecule has 3 heterocycles. The highest BCUT2D eigenvalue weighted by Crippen LogP contribution is 2.33. The van der Waals surface area contributed by atoms with Gasteiger partial charge in [0.1, 0.15) is 0 Å². The fourth-order valence-corrected chi connectivity index (χ4v) is 3.10. The molecule has 0 bridgehead atoms. The van der Waals surface area contributed by atoms with Gasteiger partial charge in [-0.15, -0.1) is 11.3 Å². The maximum Gasteiger partial charge on any atom is 0.0709 e. The quantitative estimate of drug-likeness (QED) is 0.881. The van der Waals surface area contributed by atoms with Crippen LogP contribution in [0.3, 0.4) is 0 Å². The van der Waals surface area contributed by atoms with E-state index in [-0.39, 0.29) is 0 Å². The third-order valence-electron chi connectivity index (χ3n) is 3.09. The lowest BCUT2D eigenvalue weighted by Crippen LogP contribution is -2.40. The van der Waals surface area contributed by atoms with Gasteiger partial charge < -0.3 is 10.2 Å². The lowest BCUT2D eigenvalue weighted by atomic mass is 10.1. The summed E-state index contributed by atoms with van der Waals surface area (Å²) in [5.74, 6) is 0. The first-order chi connectivity index (χ1) is 8.33. The van der Waals surface area contributed by atoms with Gasteiger partial charge in [0, 0.05) is 48.7 Å². The zero-order chi connectivity index (χ0) is 11.7. The van der Waals surface area contributed by atoms with Gasteiger partial charge in [-0.1, -0.05) is 6.07 Å². The van der Waals surface area contributed by atoms with Crippen molar-refractivity contribution in [2.45, 2.75) is 12.5 Å². The maximum atomic E-state index is 4.39. The van der Waals surface area contributed by atoms with Gasteiger partial charge in [0.2, 0.25) is 0 Å². The highest BCUT2D eigenvalue weighted by Gasteiger charge is 2.22. The standard InChI is InChI=1S/C13H15N3S/c1-16-7-11(6-10-4-2-3-5-14-10)15-12-8-17-9-13(12)16/h2-5,8-9,11,15H,6-7H2,1H3. The number of rotatable bonds is 2. The van der Waals surface area contributed by atoms with Crippen LogP contribution in [-0.2, 0) is 6.42 Å². The van der Waals surface area contributed by atoms with Crippen LogP contribution >= 0.6 is 11.3 Å². The van der Waals surface area contributed by atoms with Crippen LogP contribution in [0.25, 0.3) is 0 Å². The van der Waals surface area contributed by atoms with Crippen molar-refractivity contribution in [2.75, 3.05) is 23.8 Å². The normalized spacial score (nSPS) is 18.6. The first-order valence-electron chi connectivity index (χ1n) is 5.77. The van der Waals surface area contributed by atoms with Crippen molar-refractivity contribution in [1.29, 1.82) is 0 Å². The highest BCUT2D eigenvalue weighted by atomic mass is 32.1. The largest absolute Gasteiger partial charge is 0.378 e. The van der Waals surface area contributed by atoms with Gasteiger partial charge in [0.05, 0.1) is 11.4 Å². The molecule has 0 fully saturated rings. The van der Waals surface area contributed by atoms with Crippen molar-refractivity contribution in [3.63, 3.8) is 0 Å². The number of aromatic nitrogens is 1. The predicted octanol–water partition coefficient (Wildman–Crippen LogP) is 2.62. The summed E-state index contributed by atoms with van der Waals surface area (Å²) in [6.07, 6.45) is 2.83. The topological polar surface area (TPSA) is 28.2 Å². The molecule has 0 saturated carbocycles. The Hall–Kier alpha value is -1.55. The molecule has 2 aromatic heterocycles. The zero-order valence-corrected chi connectivity index (χ0v) is 10.6. The van der Waals surface area contributed by atoms with Crippen molar-refractivity contribution < 1.29 is 0 Å². The van der Waals surface area contributed by atoms with Crippen LogP contribution in [0.2, 0.25) is 0 Å². The van der Waals surface area contributed by atoms with E-state index in [1.165, 1.54) is 11.4 Å². The van der Waals surface area contributed by atoms with Gasteiger partial charge in [-0.3, -0.25) is 4.98 Å². The second kappa shape index (κ2) is 4.37. The molecule has 0 amide bonds. The first-order valence-corrected chi connectivity index (χ1v) is 6.71. The van der Waals surface area contributed by atoms with Crippen LogP contribution in [-0.4, -0.2) is 24.6 Å². The molecule has 17 heavy (non-hydrogen) atoms. The number of nitrogens with zero attached hydrogens (tertiary/aromatic N) is 2. The molecule has 1 atom stereocenters. The molecule has 0 radical (unpaired) electrons. The van der Waals surface area contributed by atoms with Gasteiger partial charge in [-0.2, -0.15) is 0 Å². The fourth-order valence-electron chi connectivity index (χ4n) is 2.28. The monoisotopic (exact) mass is 245 g/mol. The third-order valence-corrected chi connectivity index (χ3v) is 3.82. The van der Waals surface area contributed by atoms with E-state index in [0.29, 0.717) is 6.04 Å². The summed E-state index contributed by atoms with van der Waals surface area (Å²) in [5.41, 5.74) is 3.72. The van der Waals surface area contributed by atoms with Crippen molar-refractivity contribution in [3.8, 4) is 0 Å². The minimum Gasteiger partial charge on any atom is -0.378 e. The summed E-state index contributed by atoms with van der Waals surface area (Å²) in [6.45, 7) is 1.03. The number of thiophene rings is 1. The molecular weight excluding hydrogens is 230 g/mol. The van der Waals surface area contributed by atoms with Crippen LogP contribution in [0.1, 0.15) is 5.69 Å². The number of hydrogen-bond acceptors (Lipinski definition) is 4. The van der Waals surface area contributed by atoms with E-state index in [2.05, 4.69) is 39.1 Å². The van der Waals surface area contributed by atoms with Crippen molar-refractivity contribution >= 4 is 22.7 Å². The predicted molar refractivity (Wildman–Crippen MR) is 72.9 cm³/mol. The van der Waals surface area contributed by atoms with E-state index >= 15 is 0 Å². The maximum absolute atomic E-state index is 4.39. The fraction of sp³-hybridized carbons (Fsp3) is 0.308. The van der Waals surface area contributed by atoms with E-state index in [9.17, 15) is 0 Å². The Morgan fingerprint density at radius 1 is 1.47 bits per heavy atom. The molecule has 1 aliphatic rings. The van der Waals surface area contributed by atoms with Gasteiger partial charge in [-0.25, -0.2) is 0 Å². The molecule has 3 nitrogen and oxygen atoms in total. The van der Waals surface area contributed by atoms with Crippen LogP contribution in [0.4, 0.5) is 11.4 Å². The summed E-state index contributed by atoms with van der Waals surface area (Å²) in [7, 11) is 2.15. The Balaban J connectivity index is 1.76. The van der Waals surface area contributed by atoms with E-state index in [1.54, 1.807) is 11.3 Å². The summed E-state index contributed by atoms with van der Waals surface area (Å²) < 4.78 is 0. The molecule has 0 aromatic carbocycles. The van der Waals surface area contributed by atoms with E-state index < -0.39 is 0 Å². The Kier molecular flexibility index (Phi) is 2.73. The molecule has 0 spiro atoms. The molecule has 0 aliphatic carbocycles. The SMILES string of the molecule is CN1CC(Cc2ccccn2)Nc2cscc21. The molecule has 0 saturated heterocycles. The van der Waals surface area contributed by atoms with Crippen LogP contribution in [0, 0.1) is 0 Å². The highest BCUT2D eigenvalue weighted by molar-refractivity contribution is 7.09. The van der Waals surface area contributed by atoms with Crippen molar-refractivity contribution in [3.05, 3.63) is 40.8 Å². The molecule has 2 aromatic rings. The van der Waals surface area contributed by atoms with Gasteiger partial charge in [0.15, 0.2) is 0 Å². The molecular formula is C13H15N3S. The molecule has 1 aliphatic heterocycles. The minimum absolute atomic E-state index is 0.442. The molecule has 1 N–H and O–H groups in total. The Morgan fingerprint density at radius 2 is 2.41 bits per heavy atom. The Morgan fingerprint density at radius 3 is 3.24 bits per heavy atom. The van der Waals surface area contributed by atoms with Gasteiger partial charge >= 0.3 is 0 Å². The van der Waals surface area contributed by atoms with Gasteiger partial charge in [0.25, 0.3) is 0 Å². The number of hydrogen-bond donors (Lipinski definition) is 1. The minimum atomic E-state index is 0.442. The van der Waals surface area contributed by atoms with Crippen LogP contribution in [0.15, 0.2) is 35.2 Å². The van der Waals surface area contributed by atoms with Gasteiger partial charge in [-0.05, 0) is 12.1 Å². The molecule has 88 valence electrons. The number of fused-ring (bicyclic) bond motifs is 1. The first kappa shape index (κ1) is 10.6. The smallest absolute Gasteiger partial charge is 0.0709 e. The second-order valence-electron chi connectivity index (χ2n) is 4.42. The molecule has 1 unspecified atom stereocenters. The van der Waals surface area contributed by atoms with E-state index in [0.717, 1.165) is 18.7 Å². The summed E-state index contributed by atoms with van der Waals surface area (Å²) in [4.78, 5) is 6.70. The second-order valence-corrected chi connectivity index (χ2v) is 5.16. The van der Waals surface area contributed by atoms with E-state index in [1.807, 2.05) is 18.3 Å². The number of anilines is 2. The Labute approximate surface area is 105 Å². The lowest BCUT2D eigenvalue weighted by Gasteiger charge is -2.32. The average molecular weight is 245 g/mol. The van der Waals surface area contributed by atoms with Crippen LogP contribution < -0.4 is 10.2 Å². The average Bonchev–Trinajstić information content (AvgIpc) is 2.79. The zero-order valence-electron chi connectivity index (χ0n) is 9.76. The van der Waals surface area contributed by atoms with Crippen molar-refractivity contribution in [1.82, 2.24) is 4.98 Å². The number of pyridine rings is 1. The van der Waals surface area contributed by atoms with Crippen LogP contribution in [0.5, 0.6) is 0 Å². The van der Waals surface area contributed by atoms with Crippen molar-refractivity contribution in [2.24, 2.45) is 0 Å². The summed E-state index contributed by atoms with van der Waals surface area (Å²) in [5, 5.41) is 7.96. The number of nitrogens with one attached hydrogen (secondary N) is 1. The third kappa shape index (κ3) is 2.13. The van der Waals surface area contributed by atoms with E-state index in [4.69, 9.17) is 0 Å². The molecule has 3 rings (SSSR count). The summed E-state index contributed by atoms with van der Waals surface area (Å²) in [6, 6.07) is 6.54. The summed E-state index contributed by atoms with van der Waals surface area (Å²) >= 11 is 1.75. The number of likely N-dealkylation sites (N-methyl/N-ethyl adjacent to an activating group) is 1.